The van der Waals surface area contributed by atoms with Crippen LogP contribution in [-0.2, 0) is 16.0 Å². The highest BCUT2D eigenvalue weighted by atomic mass is 35.5. The van der Waals surface area contributed by atoms with Crippen LogP contribution in [-0.4, -0.2) is 41.6 Å². The Hall–Kier alpha value is -1.75. The van der Waals surface area contributed by atoms with Crippen molar-refractivity contribution in [3.05, 3.63) is 28.8 Å². The summed E-state index contributed by atoms with van der Waals surface area (Å²) in [7, 11) is 0. The quantitative estimate of drug-likeness (QED) is 0.909. The molecule has 1 saturated heterocycles. The number of hydrogen-bond acceptors (Lipinski definition) is 3. The maximum Gasteiger partial charge on any atom is 0.311 e. The number of halogens is 1. The van der Waals surface area contributed by atoms with Gasteiger partial charge in [0.05, 0.1) is 11.3 Å². The van der Waals surface area contributed by atoms with Crippen molar-refractivity contribution < 1.29 is 19.4 Å². The number of carboxylic acids is 1. The second-order valence-corrected chi connectivity index (χ2v) is 7.53. The zero-order valence-electron chi connectivity index (χ0n) is 13.9. The van der Waals surface area contributed by atoms with Crippen LogP contribution < -0.4 is 4.74 Å². The van der Waals surface area contributed by atoms with Crippen LogP contribution in [0.15, 0.2) is 18.2 Å². The number of aliphatic carboxylic acids is 1. The number of nitrogens with zero attached hydrogens (tertiary/aromatic N) is 1. The van der Waals surface area contributed by atoms with E-state index in [1.54, 1.807) is 11.0 Å². The summed E-state index contributed by atoms with van der Waals surface area (Å²) in [6.07, 6.45) is 1.08. The molecule has 1 aromatic carbocycles. The molecule has 24 heavy (non-hydrogen) atoms. The summed E-state index contributed by atoms with van der Waals surface area (Å²) in [6, 6.07) is 5.42. The van der Waals surface area contributed by atoms with E-state index in [2.05, 4.69) is 0 Å². The molecule has 0 saturated carbocycles. The Kier molecular flexibility index (Phi) is 4.47. The van der Waals surface area contributed by atoms with Gasteiger partial charge in [0, 0.05) is 18.1 Å². The van der Waals surface area contributed by atoms with Crippen LogP contribution in [0.25, 0.3) is 0 Å². The summed E-state index contributed by atoms with van der Waals surface area (Å²) < 4.78 is 5.70. The monoisotopic (exact) mass is 351 g/mol. The topological polar surface area (TPSA) is 66.8 Å². The minimum Gasteiger partial charge on any atom is -0.492 e. The highest BCUT2D eigenvalue weighted by Crippen LogP contribution is 2.39. The lowest BCUT2D eigenvalue weighted by atomic mass is 9.76. The second-order valence-electron chi connectivity index (χ2n) is 7.09. The molecule has 1 fully saturated rings. The molecule has 2 aliphatic heterocycles. The molecule has 2 aliphatic rings. The summed E-state index contributed by atoms with van der Waals surface area (Å²) >= 11 is 6.02. The van der Waals surface area contributed by atoms with Crippen molar-refractivity contribution in [3.63, 3.8) is 0 Å². The fourth-order valence-corrected chi connectivity index (χ4v) is 3.89. The van der Waals surface area contributed by atoms with Gasteiger partial charge in [0.2, 0.25) is 5.91 Å². The molecule has 0 aromatic heterocycles. The van der Waals surface area contributed by atoms with Crippen LogP contribution in [0.1, 0.15) is 25.8 Å². The maximum atomic E-state index is 12.8. The third kappa shape index (κ3) is 2.86. The van der Waals surface area contributed by atoms with E-state index in [0.29, 0.717) is 31.0 Å². The number of hydrogen-bond donors (Lipinski definition) is 1. The van der Waals surface area contributed by atoms with Gasteiger partial charge in [-0.15, -0.1) is 0 Å². The van der Waals surface area contributed by atoms with Crippen LogP contribution in [0, 0.1) is 17.3 Å². The predicted molar refractivity (Wildman–Crippen MR) is 90.2 cm³/mol. The number of carbonyl (C=O) groups excluding carboxylic acids is 1. The molecule has 5 nitrogen and oxygen atoms in total. The van der Waals surface area contributed by atoms with E-state index < -0.39 is 11.4 Å². The molecule has 1 amide bonds. The second kappa shape index (κ2) is 6.28. The van der Waals surface area contributed by atoms with E-state index in [9.17, 15) is 14.7 Å². The number of likely N-dealkylation sites (tertiary alicyclic amines) is 1. The number of carbonyl (C=O) groups is 2. The lowest BCUT2D eigenvalue weighted by Gasteiger charge is -2.31. The van der Waals surface area contributed by atoms with Crippen LogP contribution in [0.5, 0.6) is 5.75 Å². The van der Waals surface area contributed by atoms with Crippen molar-refractivity contribution >= 4 is 23.5 Å². The van der Waals surface area contributed by atoms with Crippen LogP contribution >= 0.6 is 11.6 Å². The molecule has 2 unspecified atom stereocenters. The van der Waals surface area contributed by atoms with E-state index in [-0.39, 0.29) is 24.3 Å². The van der Waals surface area contributed by atoms with Gasteiger partial charge < -0.3 is 14.7 Å². The molecule has 6 heteroatoms. The number of ether oxygens (including phenoxy) is 1. The Labute approximate surface area is 146 Å². The van der Waals surface area contributed by atoms with Gasteiger partial charge in [-0.05, 0) is 42.5 Å². The lowest BCUT2D eigenvalue weighted by molar-refractivity contribution is -0.151. The van der Waals surface area contributed by atoms with Gasteiger partial charge in [-0.25, -0.2) is 0 Å². The van der Waals surface area contributed by atoms with Gasteiger partial charge >= 0.3 is 5.97 Å². The molecule has 3 rings (SSSR count). The molecule has 2 heterocycles. The summed E-state index contributed by atoms with van der Waals surface area (Å²) in [5.41, 5.74) is 0.0894. The fraction of sp³-hybridized carbons (Fsp3) is 0.556. The average molecular weight is 352 g/mol. The van der Waals surface area contributed by atoms with Crippen molar-refractivity contribution in [2.75, 3.05) is 19.7 Å². The molecule has 130 valence electrons. The molecular formula is C18H22ClNO4. The molecule has 1 N–H and O–H groups in total. The number of rotatable bonds is 3. The molecule has 1 aromatic rings. The van der Waals surface area contributed by atoms with Gasteiger partial charge in [-0.1, -0.05) is 25.4 Å². The summed E-state index contributed by atoms with van der Waals surface area (Å²) in [5, 5.41) is 10.2. The largest absolute Gasteiger partial charge is 0.492 e. The van der Waals surface area contributed by atoms with E-state index in [1.807, 2.05) is 26.0 Å². The standard InChI is InChI=1S/C18H22ClNO4/c1-11(2)18(17(22)23)5-6-20(10-18)16(21)13-7-12-8-14(19)3-4-15(12)24-9-13/h3-4,8,11,13H,5-7,9-10H2,1-2H3,(H,22,23). The van der Waals surface area contributed by atoms with E-state index in [0.717, 1.165) is 11.3 Å². The molecule has 0 radical (unpaired) electrons. The Balaban J connectivity index is 1.73. The Bertz CT molecular complexity index is 675. The zero-order valence-corrected chi connectivity index (χ0v) is 14.7. The number of amides is 1. The first kappa shape index (κ1) is 17.1. The van der Waals surface area contributed by atoms with Gasteiger partial charge in [-0.2, -0.15) is 0 Å². The van der Waals surface area contributed by atoms with Gasteiger partial charge in [0.25, 0.3) is 0 Å². The van der Waals surface area contributed by atoms with Crippen molar-refractivity contribution in [3.8, 4) is 5.75 Å². The summed E-state index contributed by atoms with van der Waals surface area (Å²) in [5.74, 6) is -0.371. The van der Waals surface area contributed by atoms with Crippen molar-refractivity contribution in [2.24, 2.45) is 17.3 Å². The molecule has 0 spiro atoms. The van der Waals surface area contributed by atoms with Crippen molar-refractivity contribution in [1.29, 1.82) is 0 Å². The first-order valence-electron chi connectivity index (χ1n) is 8.27. The Morgan fingerprint density at radius 2 is 2.17 bits per heavy atom. The molecule has 0 bridgehead atoms. The number of carboxylic acid groups (broad SMARTS) is 1. The van der Waals surface area contributed by atoms with E-state index >= 15 is 0 Å². The van der Waals surface area contributed by atoms with Crippen molar-refractivity contribution in [1.82, 2.24) is 4.90 Å². The highest BCUT2D eigenvalue weighted by Gasteiger charge is 2.49. The SMILES string of the molecule is CC(C)C1(C(=O)O)CCN(C(=O)C2COc3ccc(Cl)cc3C2)C1. The van der Waals surface area contributed by atoms with Crippen LogP contribution in [0.4, 0.5) is 0 Å². The van der Waals surface area contributed by atoms with E-state index in [4.69, 9.17) is 16.3 Å². The molecule has 2 atom stereocenters. The lowest BCUT2D eigenvalue weighted by Crippen LogP contribution is -2.44. The molecule has 0 aliphatic carbocycles. The van der Waals surface area contributed by atoms with Crippen LogP contribution in [0.3, 0.4) is 0 Å². The van der Waals surface area contributed by atoms with Crippen LogP contribution in [0.2, 0.25) is 5.02 Å². The first-order chi connectivity index (χ1) is 11.3. The van der Waals surface area contributed by atoms with E-state index in [1.165, 1.54) is 0 Å². The van der Waals surface area contributed by atoms with Gasteiger partial charge in [0.15, 0.2) is 0 Å². The maximum absolute atomic E-state index is 12.8. The minimum absolute atomic E-state index is 0.0186. The fourth-order valence-electron chi connectivity index (χ4n) is 3.69. The molecular weight excluding hydrogens is 330 g/mol. The zero-order chi connectivity index (χ0) is 17.5. The predicted octanol–water partition coefficient (Wildman–Crippen LogP) is 2.85. The smallest absolute Gasteiger partial charge is 0.311 e. The number of fused-ring (bicyclic) bond motifs is 1. The Morgan fingerprint density at radius 3 is 2.79 bits per heavy atom. The first-order valence-corrected chi connectivity index (χ1v) is 8.64. The third-order valence-electron chi connectivity index (χ3n) is 5.42. The highest BCUT2D eigenvalue weighted by molar-refractivity contribution is 6.30. The van der Waals surface area contributed by atoms with Crippen molar-refractivity contribution in [2.45, 2.75) is 26.7 Å². The van der Waals surface area contributed by atoms with Gasteiger partial charge in [0.1, 0.15) is 12.4 Å². The summed E-state index contributed by atoms with van der Waals surface area (Å²) in [4.78, 5) is 26.3. The average Bonchev–Trinajstić information content (AvgIpc) is 3.00. The Morgan fingerprint density at radius 1 is 1.42 bits per heavy atom. The number of benzene rings is 1. The van der Waals surface area contributed by atoms with Gasteiger partial charge in [-0.3, -0.25) is 9.59 Å². The third-order valence-corrected chi connectivity index (χ3v) is 5.66. The summed E-state index contributed by atoms with van der Waals surface area (Å²) in [6.45, 7) is 4.90. The minimum atomic E-state index is -0.841. The normalized spacial score (nSPS) is 26.2.